The van der Waals surface area contributed by atoms with E-state index in [2.05, 4.69) is 35.9 Å². The summed E-state index contributed by atoms with van der Waals surface area (Å²) in [4.78, 5) is 6.94. The summed E-state index contributed by atoms with van der Waals surface area (Å²) in [5.41, 5.74) is 5.75. The van der Waals surface area contributed by atoms with Crippen LogP contribution < -0.4 is 4.90 Å². The molecule has 0 saturated heterocycles. The molecule has 0 bridgehead atoms. The molecule has 0 N–H and O–H groups in total. The lowest BCUT2D eigenvalue weighted by Crippen LogP contribution is -2.16. The fourth-order valence-electron chi connectivity index (χ4n) is 2.46. The minimum atomic E-state index is 1.00. The highest BCUT2D eigenvalue weighted by atomic mass is 15.4. The molecule has 0 aliphatic carbocycles. The van der Waals surface area contributed by atoms with Crippen LogP contribution in [0, 0.1) is 20.8 Å². The van der Waals surface area contributed by atoms with Crippen molar-refractivity contribution in [1.82, 2.24) is 14.6 Å². The molecule has 0 amide bonds. The summed E-state index contributed by atoms with van der Waals surface area (Å²) in [6.45, 7) is 11.3. The fraction of sp³-hybridized carbons (Fsp3) is 0.571. The van der Waals surface area contributed by atoms with Crippen LogP contribution in [0.25, 0.3) is 5.65 Å². The van der Waals surface area contributed by atoms with Crippen LogP contribution in [-0.2, 0) is 6.42 Å². The van der Waals surface area contributed by atoms with E-state index in [4.69, 9.17) is 0 Å². The second kappa shape index (κ2) is 4.59. The SMILES string of the molecule is CC.Cc1nc2c(C)c(C)nn2c2c1CCN2C. The summed E-state index contributed by atoms with van der Waals surface area (Å²) in [6, 6.07) is 0. The maximum absolute atomic E-state index is 4.68. The molecular weight excluding hydrogens is 224 g/mol. The van der Waals surface area contributed by atoms with Crippen LogP contribution in [-0.4, -0.2) is 28.2 Å². The molecule has 2 aromatic heterocycles. The van der Waals surface area contributed by atoms with Crippen LogP contribution in [0.5, 0.6) is 0 Å². The van der Waals surface area contributed by atoms with Crippen molar-refractivity contribution in [3.05, 3.63) is 22.5 Å². The third-order valence-corrected chi connectivity index (χ3v) is 3.57. The zero-order valence-electron chi connectivity index (χ0n) is 12.2. The quantitative estimate of drug-likeness (QED) is 0.716. The number of nitrogens with zero attached hydrogens (tertiary/aromatic N) is 4. The van der Waals surface area contributed by atoms with Gasteiger partial charge in [-0.1, -0.05) is 13.8 Å². The van der Waals surface area contributed by atoms with Crippen LogP contribution in [0.4, 0.5) is 5.82 Å². The van der Waals surface area contributed by atoms with Crippen molar-refractivity contribution in [2.45, 2.75) is 41.0 Å². The first-order valence-corrected chi connectivity index (χ1v) is 6.66. The Bertz CT molecular complexity index is 583. The van der Waals surface area contributed by atoms with Crippen molar-refractivity contribution < 1.29 is 0 Å². The van der Waals surface area contributed by atoms with E-state index in [9.17, 15) is 0 Å². The van der Waals surface area contributed by atoms with E-state index in [-0.39, 0.29) is 0 Å². The van der Waals surface area contributed by atoms with Crippen molar-refractivity contribution >= 4 is 11.5 Å². The fourth-order valence-corrected chi connectivity index (χ4v) is 2.46. The monoisotopic (exact) mass is 246 g/mol. The molecule has 18 heavy (non-hydrogen) atoms. The molecule has 0 fully saturated rings. The standard InChI is InChI=1S/C12H16N4.C2H6/c1-7-8(2)14-16-11(7)13-9(3)10-5-6-15(4)12(10)16;1-2/h5-6H2,1-4H3;1-2H3. The second-order valence-electron chi connectivity index (χ2n) is 4.62. The van der Waals surface area contributed by atoms with Crippen LogP contribution >= 0.6 is 0 Å². The Balaban J connectivity index is 0.000000574. The topological polar surface area (TPSA) is 33.4 Å². The molecule has 98 valence electrons. The Morgan fingerprint density at radius 2 is 1.72 bits per heavy atom. The third kappa shape index (κ3) is 1.67. The lowest BCUT2D eigenvalue weighted by Gasteiger charge is -2.13. The largest absolute Gasteiger partial charge is 0.359 e. The molecule has 1 aliphatic heterocycles. The zero-order valence-corrected chi connectivity index (χ0v) is 12.2. The number of aromatic nitrogens is 3. The van der Waals surface area contributed by atoms with E-state index in [1.165, 1.54) is 16.9 Å². The van der Waals surface area contributed by atoms with Gasteiger partial charge in [0, 0.05) is 30.4 Å². The minimum absolute atomic E-state index is 1.00. The summed E-state index contributed by atoms with van der Waals surface area (Å²) in [6.07, 6.45) is 1.08. The average molecular weight is 246 g/mol. The van der Waals surface area contributed by atoms with Gasteiger partial charge in [-0.2, -0.15) is 9.61 Å². The molecule has 3 heterocycles. The maximum Gasteiger partial charge on any atom is 0.160 e. The second-order valence-corrected chi connectivity index (χ2v) is 4.62. The summed E-state index contributed by atoms with van der Waals surface area (Å²) in [7, 11) is 2.12. The van der Waals surface area contributed by atoms with Gasteiger partial charge in [0.25, 0.3) is 0 Å². The van der Waals surface area contributed by atoms with Crippen molar-refractivity contribution in [2.75, 3.05) is 18.5 Å². The van der Waals surface area contributed by atoms with Crippen LogP contribution in [0.1, 0.15) is 36.4 Å². The van der Waals surface area contributed by atoms with Gasteiger partial charge >= 0.3 is 0 Å². The van der Waals surface area contributed by atoms with Gasteiger partial charge in [0.1, 0.15) is 5.82 Å². The highest BCUT2D eigenvalue weighted by molar-refractivity contribution is 5.62. The van der Waals surface area contributed by atoms with Crippen LogP contribution in [0.15, 0.2) is 0 Å². The van der Waals surface area contributed by atoms with Gasteiger partial charge in [0.2, 0.25) is 0 Å². The molecule has 0 aromatic carbocycles. The number of likely N-dealkylation sites (N-methyl/N-ethyl adjacent to an activating group) is 1. The van der Waals surface area contributed by atoms with E-state index >= 15 is 0 Å². The first kappa shape index (κ1) is 12.9. The molecule has 3 rings (SSSR count). The Morgan fingerprint density at radius 1 is 1.06 bits per heavy atom. The normalized spacial score (nSPS) is 13.6. The predicted molar refractivity (Wildman–Crippen MR) is 75.5 cm³/mol. The smallest absolute Gasteiger partial charge is 0.160 e. The Labute approximate surface area is 109 Å². The van der Waals surface area contributed by atoms with Gasteiger partial charge in [0.05, 0.1) is 5.69 Å². The first-order chi connectivity index (χ1) is 8.59. The molecule has 0 atom stereocenters. The van der Waals surface area contributed by atoms with E-state index < -0.39 is 0 Å². The molecule has 2 aromatic rings. The first-order valence-electron chi connectivity index (χ1n) is 6.66. The van der Waals surface area contributed by atoms with Gasteiger partial charge in [-0.15, -0.1) is 0 Å². The van der Waals surface area contributed by atoms with Crippen molar-refractivity contribution in [1.29, 1.82) is 0 Å². The highest BCUT2D eigenvalue weighted by Crippen LogP contribution is 2.30. The van der Waals surface area contributed by atoms with Gasteiger partial charge in [0.15, 0.2) is 5.65 Å². The maximum atomic E-state index is 4.68. The van der Waals surface area contributed by atoms with E-state index in [1.54, 1.807) is 0 Å². The third-order valence-electron chi connectivity index (χ3n) is 3.57. The number of hydrogen-bond donors (Lipinski definition) is 0. The van der Waals surface area contributed by atoms with Crippen LogP contribution in [0.3, 0.4) is 0 Å². The molecule has 0 unspecified atom stereocenters. The molecule has 4 nitrogen and oxygen atoms in total. The Hall–Kier alpha value is -1.58. The van der Waals surface area contributed by atoms with Crippen molar-refractivity contribution in [3.8, 4) is 0 Å². The zero-order chi connectivity index (χ0) is 13.4. The molecule has 0 saturated carbocycles. The predicted octanol–water partition coefficient (Wildman–Crippen LogP) is 2.67. The molecule has 0 spiro atoms. The Morgan fingerprint density at radius 3 is 2.39 bits per heavy atom. The van der Waals surface area contributed by atoms with Gasteiger partial charge in [-0.3, -0.25) is 0 Å². The number of anilines is 1. The van der Waals surface area contributed by atoms with E-state index in [0.29, 0.717) is 0 Å². The molecule has 1 aliphatic rings. The van der Waals surface area contributed by atoms with Crippen molar-refractivity contribution in [3.63, 3.8) is 0 Å². The molecular formula is C14H22N4. The number of rotatable bonds is 0. The Kier molecular flexibility index (Phi) is 3.28. The molecule has 0 radical (unpaired) electrons. The number of fused-ring (bicyclic) bond motifs is 3. The van der Waals surface area contributed by atoms with Crippen molar-refractivity contribution in [2.24, 2.45) is 0 Å². The summed E-state index contributed by atoms with van der Waals surface area (Å²) < 4.78 is 2.00. The highest BCUT2D eigenvalue weighted by Gasteiger charge is 2.24. The average Bonchev–Trinajstić information content (AvgIpc) is 2.88. The van der Waals surface area contributed by atoms with Gasteiger partial charge in [-0.05, 0) is 27.2 Å². The summed E-state index contributed by atoms with van der Waals surface area (Å²) >= 11 is 0. The number of aryl methyl sites for hydroxylation is 3. The molecule has 4 heteroatoms. The lowest BCUT2D eigenvalue weighted by molar-refractivity contribution is 0.871. The van der Waals surface area contributed by atoms with E-state index in [1.807, 2.05) is 25.3 Å². The lowest BCUT2D eigenvalue weighted by atomic mass is 10.2. The minimum Gasteiger partial charge on any atom is -0.359 e. The number of hydrogen-bond acceptors (Lipinski definition) is 3. The van der Waals surface area contributed by atoms with Crippen LogP contribution in [0.2, 0.25) is 0 Å². The van der Waals surface area contributed by atoms with E-state index in [0.717, 1.165) is 30.0 Å². The summed E-state index contributed by atoms with van der Waals surface area (Å²) in [5.74, 6) is 1.22. The van der Waals surface area contributed by atoms with Gasteiger partial charge < -0.3 is 4.90 Å². The van der Waals surface area contributed by atoms with Gasteiger partial charge in [-0.25, -0.2) is 4.98 Å². The summed E-state index contributed by atoms with van der Waals surface area (Å²) in [5, 5.41) is 4.59.